The minimum atomic E-state index is 0.0902. The zero-order valence-corrected chi connectivity index (χ0v) is 15.5. The van der Waals surface area contributed by atoms with E-state index in [0.29, 0.717) is 5.56 Å². The van der Waals surface area contributed by atoms with Gasteiger partial charge in [0.2, 0.25) is 0 Å². The molecule has 5 heteroatoms. The van der Waals surface area contributed by atoms with Crippen LogP contribution < -0.4 is 5.32 Å². The van der Waals surface area contributed by atoms with E-state index in [0.717, 1.165) is 41.9 Å². The molecule has 0 atom stereocenters. The standard InChI is InChI=1S/C19H22BrN3O/c1-14-6-8-17(16(20)12-14)22-18-9-7-15(13-21-18)19(24)23-10-4-2-3-5-11-23/h6-9,12-13H,2-5,10-11H2,1H3,(H,21,22). The van der Waals surface area contributed by atoms with E-state index in [-0.39, 0.29) is 5.91 Å². The zero-order valence-electron chi connectivity index (χ0n) is 13.9. The maximum atomic E-state index is 12.6. The van der Waals surface area contributed by atoms with Crippen LogP contribution in [0.4, 0.5) is 11.5 Å². The third kappa shape index (κ3) is 4.15. The molecule has 0 saturated carbocycles. The Morgan fingerprint density at radius 3 is 2.50 bits per heavy atom. The molecule has 1 amide bonds. The molecule has 0 radical (unpaired) electrons. The van der Waals surface area contributed by atoms with Gasteiger partial charge in [-0.3, -0.25) is 4.79 Å². The number of aromatic nitrogens is 1. The van der Waals surface area contributed by atoms with E-state index in [9.17, 15) is 4.79 Å². The topological polar surface area (TPSA) is 45.2 Å². The van der Waals surface area contributed by atoms with Crippen molar-refractivity contribution in [3.05, 3.63) is 52.1 Å². The van der Waals surface area contributed by atoms with Crippen LogP contribution >= 0.6 is 15.9 Å². The molecule has 3 rings (SSSR count). The first-order valence-corrected chi connectivity index (χ1v) is 9.21. The number of anilines is 2. The van der Waals surface area contributed by atoms with Gasteiger partial charge in [-0.1, -0.05) is 18.9 Å². The minimum Gasteiger partial charge on any atom is -0.339 e. The number of pyridine rings is 1. The predicted octanol–water partition coefficient (Wildman–Crippen LogP) is 4.91. The summed E-state index contributed by atoms with van der Waals surface area (Å²) in [6.45, 7) is 3.76. The van der Waals surface area contributed by atoms with Gasteiger partial charge in [0.15, 0.2) is 0 Å². The second-order valence-electron chi connectivity index (χ2n) is 6.25. The molecule has 0 unspecified atom stereocenters. The fourth-order valence-corrected chi connectivity index (χ4v) is 3.50. The summed E-state index contributed by atoms with van der Waals surface area (Å²) in [5.74, 6) is 0.819. The predicted molar refractivity (Wildman–Crippen MR) is 101 cm³/mol. The second kappa shape index (κ2) is 7.79. The van der Waals surface area contributed by atoms with Crippen LogP contribution in [0.5, 0.6) is 0 Å². The Morgan fingerprint density at radius 1 is 1.12 bits per heavy atom. The van der Waals surface area contributed by atoms with Crippen LogP contribution in [0.25, 0.3) is 0 Å². The van der Waals surface area contributed by atoms with Gasteiger partial charge in [-0.2, -0.15) is 0 Å². The number of carbonyl (C=O) groups excluding carboxylic acids is 1. The van der Waals surface area contributed by atoms with Gasteiger partial charge in [0, 0.05) is 23.8 Å². The van der Waals surface area contributed by atoms with Gasteiger partial charge in [0.1, 0.15) is 5.82 Å². The van der Waals surface area contributed by atoms with Gasteiger partial charge < -0.3 is 10.2 Å². The third-order valence-corrected chi connectivity index (χ3v) is 4.95. The quantitative estimate of drug-likeness (QED) is 0.813. The fourth-order valence-electron chi connectivity index (χ4n) is 2.91. The zero-order chi connectivity index (χ0) is 16.9. The van der Waals surface area contributed by atoms with Gasteiger partial charge in [0.25, 0.3) is 5.91 Å². The molecule has 1 N–H and O–H groups in total. The summed E-state index contributed by atoms with van der Waals surface area (Å²) in [5.41, 5.74) is 2.81. The lowest BCUT2D eigenvalue weighted by atomic mass is 10.2. The normalized spacial score (nSPS) is 15.0. The third-order valence-electron chi connectivity index (χ3n) is 4.29. The van der Waals surface area contributed by atoms with Crippen molar-refractivity contribution >= 4 is 33.3 Å². The van der Waals surface area contributed by atoms with E-state index in [1.807, 2.05) is 29.2 Å². The van der Waals surface area contributed by atoms with Crippen LogP contribution in [0.1, 0.15) is 41.6 Å². The van der Waals surface area contributed by atoms with E-state index in [2.05, 4.69) is 39.2 Å². The number of nitrogens with zero attached hydrogens (tertiary/aromatic N) is 2. The Balaban J connectivity index is 1.69. The lowest BCUT2D eigenvalue weighted by molar-refractivity contribution is 0.0761. The summed E-state index contributed by atoms with van der Waals surface area (Å²) >= 11 is 3.55. The van der Waals surface area contributed by atoms with Crippen molar-refractivity contribution in [3.8, 4) is 0 Å². The van der Waals surface area contributed by atoms with Crippen LogP contribution in [0.2, 0.25) is 0 Å². The number of hydrogen-bond acceptors (Lipinski definition) is 3. The van der Waals surface area contributed by atoms with Crippen LogP contribution in [-0.2, 0) is 0 Å². The molecule has 1 aromatic carbocycles. The molecule has 2 heterocycles. The lowest BCUT2D eigenvalue weighted by Crippen LogP contribution is -2.31. The molecular formula is C19H22BrN3O. The first-order chi connectivity index (χ1) is 11.6. The van der Waals surface area contributed by atoms with Gasteiger partial charge >= 0.3 is 0 Å². The first kappa shape index (κ1) is 17.0. The van der Waals surface area contributed by atoms with Crippen molar-refractivity contribution in [1.29, 1.82) is 0 Å². The Hall–Kier alpha value is -1.88. The van der Waals surface area contributed by atoms with E-state index in [1.54, 1.807) is 6.20 Å². The molecule has 1 fully saturated rings. The van der Waals surface area contributed by atoms with Crippen molar-refractivity contribution in [2.24, 2.45) is 0 Å². The monoisotopic (exact) mass is 387 g/mol. The molecule has 126 valence electrons. The largest absolute Gasteiger partial charge is 0.339 e. The average Bonchev–Trinajstić information content (AvgIpc) is 2.87. The van der Waals surface area contributed by atoms with Gasteiger partial charge in [-0.05, 0) is 65.5 Å². The SMILES string of the molecule is Cc1ccc(Nc2ccc(C(=O)N3CCCCCC3)cn2)c(Br)c1. The van der Waals surface area contributed by atoms with Gasteiger partial charge in [0.05, 0.1) is 11.3 Å². The van der Waals surface area contributed by atoms with Crippen molar-refractivity contribution in [3.63, 3.8) is 0 Å². The molecule has 0 aliphatic carbocycles. The number of likely N-dealkylation sites (tertiary alicyclic amines) is 1. The molecule has 1 aromatic heterocycles. The summed E-state index contributed by atoms with van der Waals surface area (Å²) in [5, 5.41) is 3.27. The van der Waals surface area contributed by atoms with Crippen molar-refractivity contribution in [2.75, 3.05) is 18.4 Å². The molecule has 1 aliphatic heterocycles. The number of nitrogens with one attached hydrogen (secondary N) is 1. The average molecular weight is 388 g/mol. The van der Waals surface area contributed by atoms with E-state index in [4.69, 9.17) is 0 Å². The Morgan fingerprint density at radius 2 is 1.88 bits per heavy atom. The van der Waals surface area contributed by atoms with Gasteiger partial charge in [-0.25, -0.2) is 4.98 Å². The first-order valence-electron chi connectivity index (χ1n) is 8.42. The lowest BCUT2D eigenvalue weighted by Gasteiger charge is -2.20. The minimum absolute atomic E-state index is 0.0902. The number of rotatable bonds is 3. The smallest absolute Gasteiger partial charge is 0.255 e. The molecular weight excluding hydrogens is 366 g/mol. The van der Waals surface area contributed by atoms with Crippen molar-refractivity contribution < 1.29 is 4.79 Å². The fraction of sp³-hybridized carbons (Fsp3) is 0.368. The highest BCUT2D eigenvalue weighted by atomic mass is 79.9. The van der Waals surface area contributed by atoms with Crippen molar-refractivity contribution in [1.82, 2.24) is 9.88 Å². The summed E-state index contributed by atoms with van der Waals surface area (Å²) in [7, 11) is 0. The van der Waals surface area contributed by atoms with Crippen LogP contribution in [0.15, 0.2) is 41.0 Å². The summed E-state index contributed by atoms with van der Waals surface area (Å²) in [6.07, 6.45) is 6.30. The Bertz CT molecular complexity index is 707. The van der Waals surface area contributed by atoms with Gasteiger partial charge in [-0.15, -0.1) is 0 Å². The number of benzene rings is 1. The Labute approximate surface area is 151 Å². The maximum Gasteiger partial charge on any atom is 0.255 e. The number of amides is 1. The van der Waals surface area contributed by atoms with Crippen molar-refractivity contribution in [2.45, 2.75) is 32.6 Å². The molecule has 4 nitrogen and oxygen atoms in total. The molecule has 2 aromatic rings. The maximum absolute atomic E-state index is 12.6. The van der Waals surface area contributed by atoms with Crippen LogP contribution in [0.3, 0.4) is 0 Å². The number of carbonyl (C=O) groups is 1. The molecule has 1 aliphatic rings. The molecule has 24 heavy (non-hydrogen) atoms. The van der Waals surface area contributed by atoms with E-state index >= 15 is 0 Å². The Kier molecular flexibility index (Phi) is 5.51. The van der Waals surface area contributed by atoms with Crippen LogP contribution in [-0.4, -0.2) is 28.9 Å². The summed E-state index contributed by atoms with van der Waals surface area (Å²) in [6, 6.07) is 9.82. The highest BCUT2D eigenvalue weighted by molar-refractivity contribution is 9.10. The van der Waals surface area contributed by atoms with E-state index in [1.165, 1.54) is 18.4 Å². The second-order valence-corrected chi connectivity index (χ2v) is 7.10. The molecule has 0 spiro atoms. The highest BCUT2D eigenvalue weighted by Gasteiger charge is 2.17. The molecule has 0 bridgehead atoms. The van der Waals surface area contributed by atoms with Crippen LogP contribution in [0, 0.1) is 6.92 Å². The number of halogens is 1. The highest BCUT2D eigenvalue weighted by Crippen LogP contribution is 2.26. The summed E-state index contributed by atoms with van der Waals surface area (Å²) in [4.78, 5) is 18.9. The molecule has 1 saturated heterocycles. The van der Waals surface area contributed by atoms with E-state index < -0.39 is 0 Å². The summed E-state index contributed by atoms with van der Waals surface area (Å²) < 4.78 is 0.994. The number of hydrogen-bond donors (Lipinski definition) is 1. The number of aryl methyl sites for hydroxylation is 1.